The first-order valence-corrected chi connectivity index (χ1v) is 4.76. The summed E-state index contributed by atoms with van der Waals surface area (Å²) in [5.74, 6) is -2.62. The van der Waals surface area contributed by atoms with Crippen LogP contribution in [0, 0.1) is 0 Å². The highest BCUT2D eigenvalue weighted by atomic mass is 16.5. The van der Waals surface area contributed by atoms with E-state index in [1.807, 2.05) is 0 Å². The molecule has 2 rings (SSSR count). The quantitative estimate of drug-likeness (QED) is 0.642. The number of carboxylic acid groups (broad SMARTS) is 2. The van der Waals surface area contributed by atoms with Crippen LogP contribution in [-0.2, 0) is 19.1 Å². The molecule has 96 valence electrons. The maximum absolute atomic E-state index is 9.43. The normalized spacial score (nSPS) is 14.6. The van der Waals surface area contributed by atoms with Crippen LogP contribution in [0.3, 0.4) is 0 Å². The van der Waals surface area contributed by atoms with Gasteiger partial charge in [0.2, 0.25) is 0 Å². The maximum Gasteiger partial charge on any atom is 0.314 e. The van der Waals surface area contributed by atoms with E-state index in [-0.39, 0.29) is 0 Å². The second-order valence-corrected chi connectivity index (χ2v) is 2.73. The summed E-state index contributed by atoms with van der Waals surface area (Å²) in [6.45, 7) is 3.25. The molecule has 0 aromatic rings. The van der Waals surface area contributed by atoms with E-state index in [0.717, 1.165) is 26.3 Å². The van der Waals surface area contributed by atoms with Crippen molar-refractivity contribution < 1.29 is 29.3 Å². The van der Waals surface area contributed by atoms with Crippen LogP contribution in [0.25, 0.3) is 0 Å². The van der Waals surface area contributed by atoms with Gasteiger partial charge in [-0.05, 0) is 0 Å². The molecule has 8 nitrogen and oxygen atoms in total. The van der Waals surface area contributed by atoms with E-state index < -0.39 is 18.4 Å². The summed E-state index contributed by atoms with van der Waals surface area (Å²) in [5.41, 5.74) is 0. The van der Waals surface area contributed by atoms with Crippen molar-refractivity contribution in [1.82, 2.24) is 0 Å². The summed E-state index contributed by atoms with van der Waals surface area (Å²) in [4.78, 5) is 26.3. The van der Waals surface area contributed by atoms with Gasteiger partial charge < -0.3 is 19.7 Å². The van der Waals surface area contributed by atoms with Crippen molar-refractivity contribution >= 4 is 24.7 Å². The van der Waals surface area contributed by atoms with Crippen LogP contribution >= 0.6 is 0 Å². The number of rotatable bonds is 2. The average Bonchev–Trinajstić information content (AvgIpc) is 2.96. The van der Waals surface area contributed by atoms with Crippen molar-refractivity contribution in [3.05, 3.63) is 0 Å². The molecule has 0 saturated carbocycles. The fraction of sp³-hybridized carbons (Fsp3) is 0.556. The van der Waals surface area contributed by atoms with Gasteiger partial charge in [0.05, 0.1) is 13.1 Å². The number of carbonyl (C=O) groups is 2. The van der Waals surface area contributed by atoms with Gasteiger partial charge in [-0.15, -0.1) is 0 Å². The number of aliphatic imine (C=N–C) groups is 2. The number of ether oxygens (including phenoxy) is 2. The van der Waals surface area contributed by atoms with Crippen LogP contribution in [0.5, 0.6) is 0 Å². The Kier molecular flexibility index (Phi) is 9.10. The van der Waals surface area contributed by atoms with Crippen LogP contribution in [0.2, 0.25) is 0 Å². The highest BCUT2D eigenvalue weighted by molar-refractivity contribution is 5.88. The largest absolute Gasteiger partial charge is 0.482 e. The van der Waals surface area contributed by atoms with Gasteiger partial charge in [0.1, 0.15) is 19.6 Å². The molecule has 0 saturated heterocycles. The molecule has 0 aliphatic carbocycles. The predicted molar refractivity (Wildman–Crippen MR) is 58.5 cm³/mol. The van der Waals surface area contributed by atoms with Crippen LogP contribution in [0.15, 0.2) is 9.98 Å². The number of nitrogens with zero attached hydrogens (tertiary/aromatic N) is 2. The van der Waals surface area contributed by atoms with Gasteiger partial charge in [0.25, 0.3) is 0 Å². The van der Waals surface area contributed by atoms with E-state index >= 15 is 0 Å². The minimum Gasteiger partial charge on any atom is -0.482 e. The lowest BCUT2D eigenvalue weighted by molar-refractivity contribution is -0.147. The molecule has 8 heteroatoms. The Hall–Kier alpha value is -2.12. The first kappa shape index (κ1) is 14.9. The van der Waals surface area contributed by atoms with Crippen molar-refractivity contribution in [3.8, 4) is 0 Å². The summed E-state index contributed by atoms with van der Waals surface area (Å²) in [7, 11) is 0. The molecule has 17 heavy (non-hydrogen) atoms. The molecule has 2 aliphatic rings. The molecule has 0 aromatic carbocycles. The van der Waals surface area contributed by atoms with E-state index in [1.54, 1.807) is 0 Å². The van der Waals surface area contributed by atoms with Crippen molar-refractivity contribution in [2.45, 2.75) is 6.42 Å². The highest BCUT2D eigenvalue weighted by Gasteiger charge is 2.01. The molecule has 0 aromatic heterocycles. The lowest BCUT2D eigenvalue weighted by Crippen LogP contribution is -2.03. The molecule has 0 fully saturated rings. The zero-order chi connectivity index (χ0) is 12.9. The summed E-state index contributed by atoms with van der Waals surface area (Å²) >= 11 is 0. The first-order chi connectivity index (χ1) is 8.13. The number of hydrogen-bond donors (Lipinski definition) is 2. The topological polar surface area (TPSA) is 118 Å². The summed E-state index contributed by atoms with van der Waals surface area (Å²) in [6.07, 6.45) is 2.17. The summed E-state index contributed by atoms with van der Waals surface area (Å²) in [6, 6.07) is 0. The fourth-order valence-corrected chi connectivity index (χ4v) is 0.656. The van der Waals surface area contributed by atoms with Gasteiger partial charge in [-0.3, -0.25) is 19.6 Å². The molecule has 2 heterocycles. The zero-order valence-electron chi connectivity index (χ0n) is 9.11. The van der Waals surface area contributed by atoms with Crippen LogP contribution in [-0.4, -0.2) is 61.3 Å². The smallest absolute Gasteiger partial charge is 0.314 e. The van der Waals surface area contributed by atoms with E-state index in [0.29, 0.717) is 0 Å². The van der Waals surface area contributed by atoms with Gasteiger partial charge in [0.15, 0.2) is 12.8 Å². The third kappa shape index (κ3) is 13.9. The third-order valence-electron chi connectivity index (χ3n) is 1.28. The average molecular weight is 246 g/mol. The van der Waals surface area contributed by atoms with Crippen molar-refractivity contribution in [2.24, 2.45) is 9.98 Å². The van der Waals surface area contributed by atoms with Crippen LogP contribution in [0.1, 0.15) is 6.42 Å². The molecule has 0 atom stereocenters. The Labute approximate surface area is 97.6 Å². The fourth-order valence-electron chi connectivity index (χ4n) is 0.656. The third-order valence-corrected chi connectivity index (χ3v) is 1.28. The van der Waals surface area contributed by atoms with E-state index in [2.05, 4.69) is 19.5 Å². The van der Waals surface area contributed by atoms with Gasteiger partial charge in [-0.2, -0.15) is 0 Å². The predicted octanol–water partition coefficient (Wildman–Crippen LogP) is -0.364. The molecule has 0 spiro atoms. The van der Waals surface area contributed by atoms with E-state index in [4.69, 9.17) is 10.2 Å². The maximum atomic E-state index is 9.43. The number of aliphatic carboxylic acids is 2. The Morgan fingerprint density at radius 1 is 1.00 bits per heavy atom. The Morgan fingerprint density at radius 3 is 1.47 bits per heavy atom. The highest BCUT2D eigenvalue weighted by Crippen LogP contribution is 1.79. The summed E-state index contributed by atoms with van der Waals surface area (Å²) in [5, 5.41) is 15.4. The molecule has 2 aliphatic heterocycles. The second-order valence-electron chi connectivity index (χ2n) is 2.73. The second kappa shape index (κ2) is 10.4. The van der Waals surface area contributed by atoms with Gasteiger partial charge in [0, 0.05) is 0 Å². The van der Waals surface area contributed by atoms with Crippen molar-refractivity contribution in [3.63, 3.8) is 0 Å². The van der Waals surface area contributed by atoms with E-state index in [1.165, 1.54) is 12.8 Å². The first-order valence-electron chi connectivity index (χ1n) is 4.76. The molecule has 0 bridgehead atoms. The monoisotopic (exact) mass is 246 g/mol. The van der Waals surface area contributed by atoms with Gasteiger partial charge in [-0.1, -0.05) is 0 Å². The van der Waals surface area contributed by atoms with E-state index in [9.17, 15) is 9.59 Å². The lowest BCUT2D eigenvalue weighted by atomic mass is 10.5. The van der Waals surface area contributed by atoms with Crippen molar-refractivity contribution in [1.29, 1.82) is 0 Å². The SMILES string of the molecule is C1=NCCO1.C1=NCCO1.O=C(O)CC(=O)O. The van der Waals surface area contributed by atoms with Crippen molar-refractivity contribution in [2.75, 3.05) is 26.3 Å². The molecule has 0 radical (unpaired) electrons. The minimum absolute atomic E-state index is 0.778. The minimum atomic E-state index is -1.31. The Bertz CT molecular complexity index is 249. The molecule has 2 N–H and O–H groups in total. The lowest BCUT2D eigenvalue weighted by Gasteiger charge is -1.80. The molecular formula is C9H14N2O6. The van der Waals surface area contributed by atoms with Gasteiger partial charge >= 0.3 is 11.9 Å². The standard InChI is InChI=1S/2C3H5NO.C3H4O4/c2*1-2-5-3-4-1;4-2(5)1-3(6)7/h2*3H,1-2H2;1H2,(H,4,5)(H,6,7). The molecule has 0 unspecified atom stereocenters. The Balaban J connectivity index is 0.000000229. The molecule has 0 amide bonds. The number of hydrogen-bond acceptors (Lipinski definition) is 6. The van der Waals surface area contributed by atoms with Crippen LogP contribution < -0.4 is 0 Å². The Morgan fingerprint density at radius 2 is 1.41 bits per heavy atom. The zero-order valence-corrected chi connectivity index (χ0v) is 9.11. The van der Waals surface area contributed by atoms with Crippen LogP contribution in [0.4, 0.5) is 0 Å². The molecular weight excluding hydrogens is 232 g/mol. The number of carboxylic acids is 2. The van der Waals surface area contributed by atoms with Gasteiger partial charge in [-0.25, -0.2) is 0 Å². The summed E-state index contributed by atoms with van der Waals surface area (Å²) < 4.78 is 9.31.